The van der Waals surface area contributed by atoms with Crippen LogP contribution in [0.5, 0.6) is 0 Å². The van der Waals surface area contributed by atoms with Crippen molar-refractivity contribution in [3.63, 3.8) is 0 Å². The number of thiazole rings is 1. The Morgan fingerprint density at radius 1 is 1.33 bits per heavy atom. The molecule has 4 nitrogen and oxygen atoms in total. The number of hydrogen-bond donors (Lipinski definition) is 2. The summed E-state index contributed by atoms with van der Waals surface area (Å²) in [5.41, 5.74) is 0.682. The molecule has 0 amide bonds. The number of aromatic nitrogens is 1. The monoisotopic (exact) mass is 324 g/mol. The molecule has 6 heteroatoms. The number of rotatable bonds is 6. The van der Waals surface area contributed by atoms with Crippen LogP contribution < -0.4 is 5.32 Å². The molecule has 0 aromatic carbocycles. The molecule has 0 spiro atoms. The van der Waals surface area contributed by atoms with Gasteiger partial charge < -0.3 is 10.4 Å². The number of hydrogen-bond acceptors (Lipinski definition) is 5. The van der Waals surface area contributed by atoms with Gasteiger partial charge in [-0.15, -0.1) is 11.3 Å². The Kier molecular flexibility index (Phi) is 4.51. The minimum absolute atomic E-state index is 0.537. The van der Waals surface area contributed by atoms with Crippen molar-refractivity contribution in [2.24, 2.45) is 5.41 Å². The maximum atomic E-state index is 11.4. The van der Waals surface area contributed by atoms with Crippen molar-refractivity contribution < 1.29 is 9.90 Å². The highest BCUT2D eigenvalue weighted by Gasteiger charge is 2.43. The molecule has 0 unspecified atom stereocenters. The Morgan fingerprint density at radius 2 is 2.05 bits per heavy atom. The smallest absolute Gasteiger partial charge is 0.310 e. The third-order valence-electron chi connectivity index (χ3n) is 4.13. The first-order chi connectivity index (χ1) is 9.74. The molecule has 0 saturated carbocycles. The Hall–Kier alpha value is -1.24. The lowest BCUT2D eigenvalue weighted by atomic mass is 9.74. The Morgan fingerprint density at radius 3 is 2.62 bits per heavy atom. The SMILES string of the molecule is CC(C)(NCc1csc(-c2ccsc2)n1)C(C)(C)C(=O)O. The predicted molar refractivity (Wildman–Crippen MR) is 87.8 cm³/mol. The summed E-state index contributed by atoms with van der Waals surface area (Å²) in [6, 6.07) is 2.05. The molecule has 2 aromatic rings. The Balaban J connectivity index is 2.05. The van der Waals surface area contributed by atoms with Crippen molar-refractivity contribution in [3.8, 4) is 10.6 Å². The van der Waals surface area contributed by atoms with Crippen molar-refractivity contribution in [1.82, 2.24) is 10.3 Å². The van der Waals surface area contributed by atoms with Crippen LogP contribution in [-0.2, 0) is 11.3 Å². The van der Waals surface area contributed by atoms with E-state index in [1.807, 2.05) is 24.6 Å². The van der Waals surface area contributed by atoms with Crippen LogP contribution in [0.4, 0.5) is 0 Å². The zero-order valence-electron chi connectivity index (χ0n) is 12.6. The van der Waals surface area contributed by atoms with Crippen LogP contribution in [0.2, 0.25) is 0 Å². The Bertz CT molecular complexity index is 615. The van der Waals surface area contributed by atoms with E-state index < -0.39 is 16.9 Å². The minimum atomic E-state index is -0.862. The van der Waals surface area contributed by atoms with Gasteiger partial charge in [0.05, 0.1) is 11.1 Å². The summed E-state index contributed by atoms with van der Waals surface area (Å²) in [4.78, 5) is 16.0. The highest BCUT2D eigenvalue weighted by atomic mass is 32.1. The second kappa shape index (κ2) is 5.87. The number of carbonyl (C=O) groups is 1. The molecule has 0 bridgehead atoms. The van der Waals surface area contributed by atoms with Crippen LogP contribution in [-0.4, -0.2) is 21.6 Å². The van der Waals surface area contributed by atoms with Gasteiger partial charge >= 0.3 is 5.97 Å². The van der Waals surface area contributed by atoms with Crippen LogP contribution in [0.3, 0.4) is 0 Å². The fourth-order valence-corrected chi connectivity index (χ4v) is 3.24. The average Bonchev–Trinajstić information content (AvgIpc) is 3.07. The number of nitrogens with one attached hydrogen (secondary N) is 1. The van der Waals surface area contributed by atoms with E-state index in [1.54, 1.807) is 36.5 Å². The van der Waals surface area contributed by atoms with E-state index in [0.29, 0.717) is 6.54 Å². The lowest BCUT2D eigenvalue weighted by Crippen LogP contribution is -2.54. The van der Waals surface area contributed by atoms with Gasteiger partial charge in [0.25, 0.3) is 0 Å². The van der Waals surface area contributed by atoms with E-state index in [2.05, 4.69) is 21.7 Å². The fraction of sp³-hybridized carbons (Fsp3) is 0.467. The van der Waals surface area contributed by atoms with Gasteiger partial charge in [-0.3, -0.25) is 4.79 Å². The van der Waals surface area contributed by atoms with Crippen molar-refractivity contribution in [1.29, 1.82) is 0 Å². The molecule has 0 fully saturated rings. The lowest BCUT2D eigenvalue weighted by Gasteiger charge is -2.38. The zero-order chi connectivity index (χ0) is 15.7. The van der Waals surface area contributed by atoms with Crippen LogP contribution >= 0.6 is 22.7 Å². The molecule has 114 valence electrons. The predicted octanol–water partition coefficient (Wildman–Crippen LogP) is 3.85. The van der Waals surface area contributed by atoms with Crippen molar-refractivity contribution in [2.45, 2.75) is 39.8 Å². The molecule has 2 heterocycles. The van der Waals surface area contributed by atoms with Crippen LogP contribution in [0.1, 0.15) is 33.4 Å². The zero-order valence-corrected chi connectivity index (χ0v) is 14.3. The normalized spacial score (nSPS) is 12.6. The van der Waals surface area contributed by atoms with E-state index in [4.69, 9.17) is 0 Å². The van der Waals surface area contributed by atoms with Gasteiger partial charge in [0.2, 0.25) is 0 Å². The van der Waals surface area contributed by atoms with Gasteiger partial charge in [0.1, 0.15) is 5.01 Å². The molecule has 0 aliphatic rings. The molecule has 0 atom stereocenters. The van der Waals surface area contributed by atoms with Crippen LogP contribution in [0, 0.1) is 5.41 Å². The van der Waals surface area contributed by atoms with Crippen LogP contribution in [0.15, 0.2) is 22.2 Å². The Labute approximate surface area is 132 Å². The topological polar surface area (TPSA) is 62.2 Å². The first-order valence-electron chi connectivity index (χ1n) is 6.69. The van der Waals surface area contributed by atoms with Gasteiger partial charge in [-0.1, -0.05) is 0 Å². The third-order valence-corrected chi connectivity index (χ3v) is 5.75. The summed E-state index contributed by atoms with van der Waals surface area (Å²) in [7, 11) is 0. The fourth-order valence-electron chi connectivity index (χ4n) is 1.71. The van der Waals surface area contributed by atoms with E-state index in [1.165, 1.54) is 0 Å². The summed E-state index contributed by atoms with van der Waals surface area (Å²) in [5, 5.41) is 19.8. The molecular formula is C15H20N2O2S2. The molecule has 0 aliphatic carbocycles. The van der Waals surface area contributed by atoms with E-state index in [9.17, 15) is 9.90 Å². The first kappa shape index (κ1) is 16.1. The van der Waals surface area contributed by atoms with Crippen molar-refractivity contribution >= 4 is 28.6 Å². The number of aliphatic carboxylic acids is 1. The molecule has 2 aromatic heterocycles. The maximum Gasteiger partial charge on any atom is 0.310 e. The van der Waals surface area contributed by atoms with Gasteiger partial charge in [0.15, 0.2) is 0 Å². The lowest BCUT2D eigenvalue weighted by molar-refractivity contribution is -0.151. The highest BCUT2D eigenvalue weighted by molar-refractivity contribution is 7.14. The summed E-state index contributed by atoms with van der Waals surface area (Å²) < 4.78 is 0. The number of nitrogens with zero attached hydrogens (tertiary/aromatic N) is 1. The summed E-state index contributed by atoms with van der Waals surface area (Å²) in [6.07, 6.45) is 0. The molecular weight excluding hydrogens is 304 g/mol. The molecule has 2 rings (SSSR count). The average molecular weight is 324 g/mol. The van der Waals surface area contributed by atoms with Crippen LogP contribution in [0.25, 0.3) is 10.6 Å². The molecule has 0 saturated heterocycles. The van der Waals surface area contributed by atoms with Gasteiger partial charge in [0, 0.05) is 28.4 Å². The number of carboxylic acid groups (broad SMARTS) is 1. The maximum absolute atomic E-state index is 11.4. The quantitative estimate of drug-likeness (QED) is 0.847. The minimum Gasteiger partial charge on any atom is -0.481 e. The van der Waals surface area contributed by atoms with E-state index >= 15 is 0 Å². The summed E-state index contributed by atoms with van der Waals surface area (Å²) >= 11 is 3.26. The molecule has 0 radical (unpaired) electrons. The van der Waals surface area contributed by atoms with Gasteiger partial charge in [-0.25, -0.2) is 4.98 Å². The largest absolute Gasteiger partial charge is 0.481 e. The van der Waals surface area contributed by atoms with Crippen molar-refractivity contribution in [2.75, 3.05) is 0 Å². The summed E-state index contributed by atoms with van der Waals surface area (Å²) in [5.74, 6) is -0.808. The second-order valence-electron chi connectivity index (χ2n) is 6.06. The third kappa shape index (κ3) is 3.33. The summed E-state index contributed by atoms with van der Waals surface area (Å²) in [6.45, 7) is 7.85. The van der Waals surface area contributed by atoms with E-state index in [-0.39, 0.29) is 0 Å². The van der Waals surface area contributed by atoms with Gasteiger partial charge in [-0.2, -0.15) is 11.3 Å². The van der Waals surface area contributed by atoms with Gasteiger partial charge in [-0.05, 0) is 39.1 Å². The highest BCUT2D eigenvalue weighted by Crippen LogP contribution is 2.31. The standard InChI is InChI=1S/C15H20N2O2S2/c1-14(2,13(18)19)15(3,4)16-7-11-9-21-12(17-11)10-5-6-20-8-10/h5-6,8-9,16H,7H2,1-4H3,(H,18,19). The first-order valence-corrected chi connectivity index (χ1v) is 8.52. The molecule has 0 aliphatic heterocycles. The molecule has 2 N–H and O–H groups in total. The van der Waals surface area contributed by atoms with Crippen molar-refractivity contribution in [3.05, 3.63) is 27.9 Å². The molecule has 21 heavy (non-hydrogen) atoms. The number of thiophene rings is 1. The number of carboxylic acids is 1. The second-order valence-corrected chi connectivity index (χ2v) is 7.70. The van der Waals surface area contributed by atoms with E-state index in [0.717, 1.165) is 16.3 Å².